The molecule has 0 aliphatic carbocycles. The van der Waals surface area contributed by atoms with Crippen molar-refractivity contribution in [3.8, 4) is 21.7 Å². The minimum atomic E-state index is 0.0282. The van der Waals surface area contributed by atoms with Gasteiger partial charge in [0.15, 0.2) is 11.2 Å². The van der Waals surface area contributed by atoms with Crippen LogP contribution in [0.5, 0.6) is 0 Å². The molecule has 2 aliphatic rings. The Morgan fingerprint density at radius 2 is 0.904 bits per heavy atom. The lowest BCUT2D eigenvalue weighted by Gasteiger charge is -2.20. The van der Waals surface area contributed by atoms with Gasteiger partial charge in [0.05, 0.1) is 42.1 Å². The zero-order valence-electron chi connectivity index (χ0n) is 78.1. The summed E-state index contributed by atoms with van der Waals surface area (Å²) in [4.78, 5) is 53.1. The number of halogens is 1. The highest BCUT2D eigenvalue weighted by Gasteiger charge is 2.33. The summed E-state index contributed by atoms with van der Waals surface area (Å²) in [6.07, 6.45) is 24.2. The van der Waals surface area contributed by atoms with Gasteiger partial charge in [0, 0.05) is 150 Å². The number of para-hydroxylation sites is 3. The Hall–Kier alpha value is -14.0. The van der Waals surface area contributed by atoms with E-state index < -0.39 is 0 Å². The number of thiazole rings is 2. The molecule has 5 aromatic heterocycles. The van der Waals surface area contributed by atoms with Crippen LogP contribution in [0.1, 0.15) is 89.9 Å². The Morgan fingerprint density at radius 3 is 1.43 bits per heavy atom. The Labute approximate surface area is 819 Å². The number of benzene rings is 12. The van der Waals surface area contributed by atoms with Crippen molar-refractivity contribution in [3.63, 3.8) is 0 Å². The number of nitrogens with zero attached hydrogens (tertiary/aromatic N) is 12. The minimum absolute atomic E-state index is 0.0282. The van der Waals surface area contributed by atoms with Crippen LogP contribution in [0.25, 0.3) is 126 Å². The number of thiocarbonyl (C=S) groups is 1. The Kier molecular flexibility index (Phi) is 34.2. The number of oxazole rings is 2. The first kappa shape index (κ1) is 97.1. The van der Waals surface area contributed by atoms with E-state index in [0.29, 0.717) is 27.7 Å². The highest BCUT2D eigenvalue weighted by molar-refractivity contribution is 8.26. The number of allylic oxidation sites excluding steroid dienone is 2. The molecule has 15 nitrogen and oxygen atoms in total. The van der Waals surface area contributed by atoms with Gasteiger partial charge >= 0.3 is 0 Å². The quantitative estimate of drug-likeness (QED) is 0.0471. The molecule has 0 N–H and O–H groups in total. The van der Waals surface area contributed by atoms with Crippen LogP contribution in [-0.2, 0) is 4.79 Å². The molecule has 0 spiro atoms. The molecule has 135 heavy (non-hydrogen) atoms. The average molecular weight is 1890 g/mol. The molecular weight excluding hydrogens is 1780 g/mol. The molecule has 1 amide bonds. The fraction of sp³-hybridized carbons (Fsp3) is 0.149. The van der Waals surface area contributed by atoms with Gasteiger partial charge in [0.25, 0.3) is 5.91 Å². The van der Waals surface area contributed by atoms with E-state index in [1.165, 1.54) is 93.4 Å². The predicted molar refractivity (Wildman–Crippen MR) is 589 cm³/mol. The number of thioether (sulfide) groups is 2. The second-order valence-electron chi connectivity index (χ2n) is 32.2. The van der Waals surface area contributed by atoms with Gasteiger partial charge in [-0.1, -0.05) is 248 Å². The lowest BCUT2D eigenvalue weighted by atomic mass is 10.1. The van der Waals surface area contributed by atoms with Crippen LogP contribution in [0, 0.1) is 0 Å². The predicted octanol–water partition coefficient (Wildman–Crippen LogP) is 29.9. The zero-order chi connectivity index (χ0) is 94.7. The molecule has 0 saturated carbocycles. The Bertz CT molecular complexity index is 6950. The van der Waals surface area contributed by atoms with Crippen molar-refractivity contribution in [1.29, 1.82) is 0 Å². The van der Waals surface area contributed by atoms with Gasteiger partial charge in [-0.2, -0.15) is 0 Å². The molecule has 0 atom stereocenters. The van der Waals surface area contributed by atoms with Crippen LogP contribution in [0.2, 0.25) is 5.02 Å². The minimum Gasteiger partial charge on any atom is -0.437 e. The first-order chi connectivity index (χ1) is 65.6. The normalized spacial score (nSPS) is 13.0. The van der Waals surface area contributed by atoms with Crippen LogP contribution in [0.4, 0.5) is 34.1 Å². The van der Waals surface area contributed by atoms with Gasteiger partial charge in [-0.15, -0.1) is 22.7 Å². The van der Waals surface area contributed by atoms with E-state index in [0.717, 1.165) is 101 Å². The zero-order valence-corrected chi connectivity index (χ0v) is 83.0. The second kappa shape index (κ2) is 47.6. The van der Waals surface area contributed by atoms with Crippen molar-refractivity contribution in [2.75, 3.05) is 112 Å². The number of carbonyl (C=O) groups excluding carboxylic acids is 1. The monoisotopic (exact) mass is 1890 g/mol. The largest absolute Gasteiger partial charge is 0.437 e. The van der Waals surface area contributed by atoms with Crippen LogP contribution in [-0.4, -0.2) is 123 Å². The van der Waals surface area contributed by atoms with Crippen LogP contribution in [0.15, 0.2) is 345 Å². The summed E-state index contributed by atoms with van der Waals surface area (Å²) < 4.78 is 13.2. The van der Waals surface area contributed by atoms with Crippen molar-refractivity contribution in [1.82, 2.24) is 29.8 Å². The number of rotatable bonds is 22. The number of aromatic nitrogens is 5. The third-order valence-corrected chi connectivity index (χ3v) is 27.0. The third kappa shape index (κ3) is 26.3. The number of hydrogen-bond acceptors (Lipinski definition) is 19. The van der Waals surface area contributed by atoms with Gasteiger partial charge in [-0.3, -0.25) is 14.7 Å². The topological polar surface area (TPSA) is 130 Å². The number of carbonyl (C=O) groups is 1. The number of likely N-dealkylation sites (N-methyl/N-ethyl adjacent to an activating group) is 1. The summed E-state index contributed by atoms with van der Waals surface area (Å²) in [5, 5.41) is 6.34. The molecule has 17 aromatic rings. The van der Waals surface area contributed by atoms with Crippen LogP contribution >= 0.6 is 70.0 Å². The number of fused-ring (bicyclic) bond motifs is 6. The molecule has 0 radical (unpaired) electrons. The molecule has 1 saturated heterocycles. The van der Waals surface area contributed by atoms with Gasteiger partial charge in [0.1, 0.15) is 25.4 Å². The van der Waals surface area contributed by atoms with Crippen molar-refractivity contribution >= 4 is 218 Å². The SMILES string of the molecule is CCN(CC)c1ccc(/C=C/c2nc3c(ccc4ccccc43)s2)cc1.CCN1C(=O)/C(=C(C)\C=C2/Sc3ccccc3N2CC)SC1=S.CN(C)c1ccc(/C=C/c2ccccn2)cc1.CN(C)c1ccc(/C=C/c2nc(-c3ccccc3)c(-c3ccccc3)s2)cc1.CN(C)c1ccc(/C=C/c2nc3cc(Cl)ccc3o2)cc1.CN(C)c1ccc(/C=C/c2nc3ccccc3o2)cc1. The molecule has 7 heterocycles. The first-order valence-corrected chi connectivity index (χ1v) is 48.8. The van der Waals surface area contributed by atoms with E-state index >= 15 is 0 Å². The van der Waals surface area contributed by atoms with Gasteiger partial charge in [-0.05, 0) is 237 Å². The number of anilines is 6. The summed E-state index contributed by atoms with van der Waals surface area (Å²) in [5.74, 6) is 1.23. The molecular formula is C114H109ClN12O3S5. The second-order valence-corrected chi connectivity index (χ2v) is 37.4. The van der Waals surface area contributed by atoms with E-state index in [4.69, 9.17) is 42.6 Å². The van der Waals surface area contributed by atoms with Gasteiger partial charge in [-0.25, -0.2) is 19.9 Å². The molecule has 21 heteroatoms. The van der Waals surface area contributed by atoms with Crippen molar-refractivity contribution in [3.05, 3.63) is 391 Å². The van der Waals surface area contributed by atoms with Gasteiger partial charge in [0.2, 0.25) is 11.8 Å². The molecule has 19 rings (SSSR count). The number of amides is 1. The van der Waals surface area contributed by atoms with E-state index in [1.807, 2.05) is 147 Å². The van der Waals surface area contributed by atoms with E-state index in [9.17, 15) is 4.79 Å². The average Bonchev–Trinajstić information content (AvgIpc) is 1.66. The molecule has 1 fully saturated rings. The van der Waals surface area contributed by atoms with Crippen molar-refractivity contribution in [2.24, 2.45) is 0 Å². The van der Waals surface area contributed by atoms with E-state index in [2.05, 4.69) is 346 Å². The lowest BCUT2D eigenvalue weighted by molar-refractivity contribution is -0.122. The van der Waals surface area contributed by atoms with E-state index in [-0.39, 0.29) is 5.91 Å². The Morgan fingerprint density at radius 1 is 0.430 bits per heavy atom. The molecule has 2 aliphatic heterocycles. The first-order valence-electron chi connectivity index (χ1n) is 44.7. The van der Waals surface area contributed by atoms with Gasteiger partial charge < -0.3 is 38.2 Å². The van der Waals surface area contributed by atoms with Crippen LogP contribution < -0.4 is 29.4 Å². The third-order valence-electron chi connectivity index (χ3n) is 22.0. The smallest absolute Gasteiger partial charge is 0.266 e. The fourth-order valence-electron chi connectivity index (χ4n) is 14.6. The van der Waals surface area contributed by atoms with Crippen LogP contribution in [0.3, 0.4) is 0 Å². The Balaban J connectivity index is 0.000000131. The summed E-state index contributed by atoms with van der Waals surface area (Å²) >= 11 is 17.9. The molecule has 0 unspecified atom stereocenters. The summed E-state index contributed by atoms with van der Waals surface area (Å²) in [6, 6.07) is 103. The summed E-state index contributed by atoms with van der Waals surface area (Å²) in [6.45, 7) is 14.1. The maximum Gasteiger partial charge on any atom is 0.266 e. The van der Waals surface area contributed by atoms with Crippen molar-refractivity contribution < 1.29 is 13.6 Å². The molecule has 680 valence electrons. The van der Waals surface area contributed by atoms with E-state index in [1.54, 1.807) is 57.7 Å². The standard InChI is InChI=1S/C25H22N2S.C23H22N2S.C17H15ClN2O.C17H18N2OS3.C17H16N2O.C15H16N2/c1-27(2)22-16-13-19(14-17-22)15-18-23-26-24(20-9-5-3-6-10-20)25(28-23)21-11-7-4-8-12-21;1-3-25(4-2)19-13-9-17(10-14-19)11-16-22-24-23-20-8-6-5-7-18(20)12-15-21(23)26-22;1-20(2)14-7-3-12(4-8-14)5-10-17-19-15-11-13(18)6-9-16(15)21-17;1-4-18-12-8-6-7-9-13(12)22-14(18)10-11(3)15-16(20)19(5-2)17(21)23-15;1-19(2)14-10-7-13(8-11-14)9-12-17-18-15-5-3-4-6-16(15)20-17;1-17(2)15-10-7-13(8-11-15)6-9-14-5-3-4-12-16-14/h3-18H,1-2H3;5-16H,3-4H2,1-2H3;3-11H,1-2H3;6-10H,4-5H2,1-3H3;3-12H,1-2H3;3-12H,1-2H3/b18-15+;16-11+;10-5+;14-10-,15-11+;12-9+;9-6+. The number of hydrogen-bond donors (Lipinski definition) is 0. The lowest BCUT2D eigenvalue weighted by Crippen LogP contribution is -2.27. The highest BCUT2D eigenvalue weighted by Crippen LogP contribution is 2.47. The fourth-order valence-corrected chi connectivity index (χ4v) is 19.2. The maximum absolute atomic E-state index is 12.4. The number of pyridine rings is 1. The highest BCUT2D eigenvalue weighted by atomic mass is 35.5. The maximum atomic E-state index is 12.4. The summed E-state index contributed by atoms with van der Waals surface area (Å²) in [7, 11) is 16.3. The molecule has 0 bridgehead atoms. The van der Waals surface area contributed by atoms with Crippen molar-refractivity contribution in [2.45, 2.75) is 39.5 Å². The summed E-state index contributed by atoms with van der Waals surface area (Å²) in [5.41, 5.74) is 22.7. The molecule has 12 aromatic carbocycles.